The number of ether oxygens (including phenoxy) is 1. The van der Waals surface area contributed by atoms with Crippen LogP contribution in [0.3, 0.4) is 0 Å². The lowest BCUT2D eigenvalue weighted by Gasteiger charge is -2.25. The Balaban J connectivity index is 1.71. The summed E-state index contributed by atoms with van der Waals surface area (Å²) in [5.41, 5.74) is 3.10. The Morgan fingerprint density at radius 1 is 0.970 bits per heavy atom. The molecule has 0 spiro atoms. The van der Waals surface area contributed by atoms with Crippen molar-refractivity contribution in [3.63, 3.8) is 0 Å². The maximum Gasteiger partial charge on any atom is 0.264 e. The van der Waals surface area contributed by atoms with Crippen LogP contribution in [-0.4, -0.2) is 34.0 Å². The quantitative estimate of drug-likeness (QED) is 0.446. The van der Waals surface area contributed by atoms with Crippen LogP contribution in [0.2, 0.25) is 5.02 Å². The van der Waals surface area contributed by atoms with Crippen LogP contribution in [0, 0.1) is 20.8 Å². The number of benzene rings is 3. The highest BCUT2D eigenvalue weighted by atomic mass is 35.5. The lowest BCUT2D eigenvalue weighted by molar-refractivity contribution is -0.119. The fourth-order valence-corrected chi connectivity index (χ4v) is 4.85. The van der Waals surface area contributed by atoms with Crippen molar-refractivity contribution in [3.8, 4) is 5.75 Å². The summed E-state index contributed by atoms with van der Waals surface area (Å²) in [4.78, 5) is 12.8. The molecule has 0 bridgehead atoms. The summed E-state index contributed by atoms with van der Waals surface area (Å²) in [5, 5.41) is 3.33. The average molecular weight is 487 g/mol. The van der Waals surface area contributed by atoms with E-state index in [9.17, 15) is 13.2 Å². The Bertz CT molecular complexity index is 1230. The largest absolute Gasteiger partial charge is 0.492 e. The van der Waals surface area contributed by atoms with Gasteiger partial charge in [-0.3, -0.25) is 9.10 Å². The lowest BCUT2D eigenvalue weighted by atomic mass is 10.2. The Hall–Kier alpha value is -3.03. The Kier molecular flexibility index (Phi) is 8.00. The van der Waals surface area contributed by atoms with Gasteiger partial charge in [0.2, 0.25) is 5.91 Å². The third-order valence-corrected chi connectivity index (χ3v) is 7.30. The smallest absolute Gasteiger partial charge is 0.264 e. The molecule has 0 saturated heterocycles. The first kappa shape index (κ1) is 24.6. The molecule has 0 atom stereocenters. The van der Waals surface area contributed by atoms with Crippen molar-refractivity contribution in [1.29, 1.82) is 0 Å². The second-order valence-electron chi connectivity index (χ2n) is 7.72. The average Bonchev–Trinajstić information content (AvgIpc) is 2.78. The topological polar surface area (TPSA) is 75.7 Å². The minimum absolute atomic E-state index is 0.128. The summed E-state index contributed by atoms with van der Waals surface area (Å²) >= 11 is 6.10. The van der Waals surface area contributed by atoms with Gasteiger partial charge in [-0.15, -0.1) is 0 Å². The van der Waals surface area contributed by atoms with Gasteiger partial charge in [-0.05, 0) is 62.2 Å². The predicted octanol–water partition coefficient (Wildman–Crippen LogP) is 4.66. The van der Waals surface area contributed by atoms with Crippen molar-refractivity contribution in [2.45, 2.75) is 25.7 Å². The number of carbonyl (C=O) groups excluding carboxylic acids is 1. The van der Waals surface area contributed by atoms with Gasteiger partial charge in [0.1, 0.15) is 18.9 Å². The number of aryl methyl sites for hydroxylation is 3. The Morgan fingerprint density at radius 3 is 2.33 bits per heavy atom. The number of rotatable bonds is 9. The summed E-state index contributed by atoms with van der Waals surface area (Å²) in [5.74, 6) is 0.169. The van der Waals surface area contributed by atoms with E-state index in [0.717, 1.165) is 21.0 Å². The number of sulfonamides is 1. The van der Waals surface area contributed by atoms with E-state index in [4.69, 9.17) is 16.3 Å². The molecule has 0 heterocycles. The van der Waals surface area contributed by atoms with Gasteiger partial charge < -0.3 is 10.1 Å². The first-order valence-electron chi connectivity index (χ1n) is 10.5. The molecule has 0 unspecified atom stereocenters. The minimum Gasteiger partial charge on any atom is -0.492 e. The molecular weight excluding hydrogens is 460 g/mol. The van der Waals surface area contributed by atoms with E-state index in [1.54, 1.807) is 48.5 Å². The minimum atomic E-state index is -3.94. The van der Waals surface area contributed by atoms with Crippen molar-refractivity contribution >= 4 is 33.2 Å². The van der Waals surface area contributed by atoms with Crippen molar-refractivity contribution in [2.75, 3.05) is 24.0 Å². The van der Waals surface area contributed by atoms with Crippen LogP contribution >= 0.6 is 11.6 Å². The SMILES string of the molecule is Cc1ccc(S(=O)(=O)N(CC(=O)NCCOc2ccc(C)c(Cl)c2)c2ccccc2C)cc1. The van der Waals surface area contributed by atoms with Crippen LogP contribution in [0.1, 0.15) is 16.7 Å². The Morgan fingerprint density at radius 2 is 1.67 bits per heavy atom. The number of carbonyl (C=O) groups is 1. The van der Waals surface area contributed by atoms with E-state index in [1.165, 1.54) is 0 Å². The zero-order valence-electron chi connectivity index (χ0n) is 18.8. The van der Waals surface area contributed by atoms with Crippen LogP contribution in [0.4, 0.5) is 5.69 Å². The molecule has 0 aliphatic carbocycles. The number of para-hydroxylation sites is 1. The van der Waals surface area contributed by atoms with Crippen LogP contribution < -0.4 is 14.4 Å². The van der Waals surface area contributed by atoms with E-state index >= 15 is 0 Å². The number of hydrogen-bond donors (Lipinski definition) is 1. The molecule has 8 heteroatoms. The van der Waals surface area contributed by atoms with Gasteiger partial charge in [0.25, 0.3) is 10.0 Å². The van der Waals surface area contributed by atoms with Crippen LogP contribution in [-0.2, 0) is 14.8 Å². The highest BCUT2D eigenvalue weighted by molar-refractivity contribution is 7.92. The molecule has 0 radical (unpaired) electrons. The highest BCUT2D eigenvalue weighted by Crippen LogP contribution is 2.27. The van der Waals surface area contributed by atoms with Gasteiger partial charge in [0.05, 0.1) is 17.1 Å². The maximum absolute atomic E-state index is 13.4. The molecule has 174 valence electrons. The summed E-state index contributed by atoms with van der Waals surface area (Å²) in [6.07, 6.45) is 0. The zero-order chi connectivity index (χ0) is 24.0. The van der Waals surface area contributed by atoms with Gasteiger partial charge >= 0.3 is 0 Å². The van der Waals surface area contributed by atoms with Gasteiger partial charge in [-0.25, -0.2) is 8.42 Å². The molecule has 3 aromatic carbocycles. The van der Waals surface area contributed by atoms with E-state index in [1.807, 2.05) is 39.0 Å². The fourth-order valence-electron chi connectivity index (χ4n) is 3.19. The Labute approximate surface area is 200 Å². The molecule has 0 aromatic heterocycles. The third-order valence-electron chi connectivity index (χ3n) is 5.12. The number of halogens is 1. The van der Waals surface area contributed by atoms with Gasteiger partial charge in [-0.1, -0.05) is 53.6 Å². The second-order valence-corrected chi connectivity index (χ2v) is 9.99. The number of amides is 1. The van der Waals surface area contributed by atoms with E-state index < -0.39 is 15.9 Å². The molecule has 33 heavy (non-hydrogen) atoms. The maximum atomic E-state index is 13.4. The van der Waals surface area contributed by atoms with E-state index in [0.29, 0.717) is 16.5 Å². The second kappa shape index (κ2) is 10.7. The molecular formula is C25H27ClN2O4S. The lowest BCUT2D eigenvalue weighted by Crippen LogP contribution is -2.42. The molecule has 3 rings (SSSR count). The first-order chi connectivity index (χ1) is 15.7. The predicted molar refractivity (Wildman–Crippen MR) is 132 cm³/mol. The van der Waals surface area contributed by atoms with Crippen molar-refractivity contribution in [1.82, 2.24) is 5.32 Å². The molecule has 0 aliphatic heterocycles. The van der Waals surface area contributed by atoms with Crippen molar-refractivity contribution in [3.05, 3.63) is 88.4 Å². The van der Waals surface area contributed by atoms with Gasteiger partial charge in [0, 0.05) is 5.02 Å². The molecule has 1 amide bonds. The molecule has 6 nitrogen and oxygen atoms in total. The van der Waals surface area contributed by atoms with Crippen LogP contribution in [0.5, 0.6) is 5.75 Å². The third kappa shape index (κ3) is 6.27. The van der Waals surface area contributed by atoms with Crippen LogP contribution in [0.15, 0.2) is 71.6 Å². The zero-order valence-corrected chi connectivity index (χ0v) is 20.4. The standard InChI is InChI=1S/C25H27ClN2O4S/c1-18-8-12-22(13-9-18)33(30,31)28(24-7-5-4-6-20(24)3)17-25(29)27-14-15-32-21-11-10-19(2)23(26)16-21/h4-13,16H,14-15,17H2,1-3H3,(H,27,29). The monoisotopic (exact) mass is 486 g/mol. The van der Waals surface area contributed by atoms with Crippen molar-refractivity contribution in [2.24, 2.45) is 0 Å². The normalized spacial score (nSPS) is 11.2. The summed E-state index contributed by atoms with van der Waals surface area (Å²) in [6, 6.07) is 19.0. The summed E-state index contributed by atoms with van der Waals surface area (Å²) < 4.78 is 33.6. The van der Waals surface area contributed by atoms with Gasteiger partial charge in [0.15, 0.2) is 0 Å². The first-order valence-corrected chi connectivity index (χ1v) is 12.3. The number of anilines is 1. The molecule has 0 saturated carbocycles. The number of nitrogens with one attached hydrogen (secondary N) is 1. The molecule has 1 N–H and O–H groups in total. The molecule has 0 aliphatic rings. The van der Waals surface area contributed by atoms with Crippen LogP contribution in [0.25, 0.3) is 0 Å². The van der Waals surface area contributed by atoms with Gasteiger partial charge in [-0.2, -0.15) is 0 Å². The van der Waals surface area contributed by atoms with E-state index in [-0.39, 0.29) is 24.6 Å². The molecule has 0 fully saturated rings. The summed E-state index contributed by atoms with van der Waals surface area (Å²) in [6.45, 7) is 5.69. The van der Waals surface area contributed by atoms with E-state index in [2.05, 4.69) is 5.32 Å². The molecule has 3 aromatic rings. The highest BCUT2D eigenvalue weighted by Gasteiger charge is 2.28. The summed E-state index contributed by atoms with van der Waals surface area (Å²) in [7, 11) is -3.94. The van der Waals surface area contributed by atoms with Crippen molar-refractivity contribution < 1.29 is 17.9 Å². The fraction of sp³-hybridized carbons (Fsp3) is 0.240. The number of hydrogen-bond acceptors (Lipinski definition) is 4. The number of nitrogens with zero attached hydrogens (tertiary/aromatic N) is 1.